The zero-order chi connectivity index (χ0) is 15.6. The Morgan fingerprint density at radius 2 is 2.09 bits per heavy atom. The first-order valence-electron chi connectivity index (χ1n) is 8.38. The fourth-order valence-corrected chi connectivity index (χ4v) is 3.86. The average Bonchev–Trinajstić information content (AvgIpc) is 2.53. The van der Waals surface area contributed by atoms with Gasteiger partial charge in [0.1, 0.15) is 0 Å². The normalized spacial score (nSPS) is 26.6. The van der Waals surface area contributed by atoms with Crippen LogP contribution in [0.5, 0.6) is 0 Å². The number of aromatic nitrogens is 2. The van der Waals surface area contributed by atoms with Crippen LogP contribution in [0, 0.1) is 12.3 Å². The summed E-state index contributed by atoms with van der Waals surface area (Å²) in [6, 6.07) is 0. The molecule has 1 spiro atoms. The van der Waals surface area contributed by atoms with E-state index in [0.29, 0.717) is 18.4 Å². The molecule has 120 valence electrons. The summed E-state index contributed by atoms with van der Waals surface area (Å²) >= 11 is 0. The average molecular weight is 302 g/mol. The van der Waals surface area contributed by atoms with Gasteiger partial charge < -0.3 is 9.80 Å². The molecule has 3 heterocycles. The highest BCUT2D eigenvalue weighted by Crippen LogP contribution is 2.39. The van der Waals surface area contributed by atoms with E-state index in [-0.39, 0.29) is 5.91 Å². The minimum absolute atomic E-state index is 0.265. The first-order chi connectivity index (χ1) is 10.6. The Kier molecular flexibility index (Phi) is 4.43. The Hall–Kier alpha value is -1.49. The van der Waals surface area contributed by atoms with E-state index in [1.165, 1.54) is 19.4 Å². The highest BCUT2D eigenvalue weighted by atomic mass is 16.2. The lowest BCUT2D eigenvalue weighted by molar-refractivity contribution is -0.140. The highest BCUT2D eigenvalue weighted by Gasteiger charge is 2.41. The summed E-state index contributed by atoms with van der Waals surface area (Å²) in [5.74, 6) is 0.265. The molecule has 3 rings (SSSR count). The van der Waals surface area contributed by atoms with Gasteiger partial charge in [-0.1, -0.05) is 6.92 Å². The molecule has 22 heavy (non-hydrogen) atoms. The van der Waals surface area contributed by atoms with Gasteiger partial charge in [-0.05, 0) is 39.3 Å². The maximum atomic E-state index is 12.3. The van der Waals surface area contributed by atoms with E-state index in [1.54, 1.807) is 12.4 Å². The molecule has 2 fully saturated rings. The number of carbonyl (C=O) groups excluding carboxylic acids is 1. The van der Waals surface area contributed by atoms with Crippen LogP contribution >= 0.6 is 0 Å². The van der Waals surface area contributed by atoms with Gasteiger partial charge in [-0.2, -0.15) is 0 Å². The topological polar surface area (TPSA) is 49.3 Å². The summed E-state index contributed by atoms with van der Waals surface area (Å²) in [6.07, 6.45) is 7.78. The summed E-state index contributed by atoms with van der Waals surface area (Å²) in [7, 11) is 0. The van der Waals surface area contributed by atoms with Gasteiger partial charge in [0.15, 0.2) is 0 Å². The van der Waals surface area contributed by atoms with Crippen LogP contribution in [0.3, 0.4) is 0 Å². The zero-order valence-corrected chi connectivity index (χ0v) is 13.7. The molecule has 1 aromatic heterocycles. The highest BCUT2D eigenvalue weighted by molar-refractivity contribution is 5.77. The van der Waals surface area contributed by atoms with Gasteiger partial charge in [-0.15, -0.1) is 0 Å². The van der Waals surface area contributed by atoms with Crippen molar-refractivity contribution in [3.8, 4) is 0 Å². The third-order valence-corrected chi connectivity index (χ3v) is 5.12. The van der Waals surface area contributed by atoms with Crippen LogP contribution in [0.1, 0.15) is 44.0 Å². The van der Waals surface area contributed by atoms with Gasteiger partial charge in [0.2, 0.25) is 5.91 Å². The Morgan fingerprint density at radius 3 is 2.82 bits per heavy atom. The third-order valence-electron chi connectivity index (χ3n) is 5.12. The van der Waals surface area contributed by atoms with E-state index >= 15 is 0 Å². The second kappa shape index (κ2) is 6.32. The van der Waals surface area contributed by atoms with Crippen molar-refractivity contribution in [3.63, 3.8) is 0 Å². The molecule has 2 aliphatic rings. The number of likely N-dealkylation sites (tertiary alicyclic amines) is 2. The van der Waals surface area contributed by atoms with Gasteiger partial charge in [0.25, 0.3) is 0 Å². The molecule has 1 atom stereocenters. The van der Waals surface area contributed by atoms with Gasteiger partial charge in [-0.25, -0.2) is 0 Å². The second-order valence-electron chi connectivity index (χ2n) is 6.87. The predicted molar refractivity (Wildman–Crippen MR) is 85.2 cm³/mol. The predicted octanol–water partition coefficient (Wildman–Crippen LogP) is 2.01. The van der Waals surface area contributed by atoms with Crippen LogP contribution in [0.2, 0.25) is 0 Å². The number of nitrogens with zero attached hydrogens (tertiary/aromatic N) is 4. The minimum Gasteiger partial charge on any atom is -0.336 e. The van der Waals surface area contributed by atoms with Gasteiger partial charge in [0, 0.05) is 31.1 Å². The fourth-order valence-electron chi connectivity index (χ4n) is 3.86. The maximum Gasteiger partial charge on any atom is 0.222 e. The Balaban J connectivity index is 1.70. The number of aryl methyl sites for hydroxylation is 1. The first-order valence-corrected chi connectivity index (χ1v) is 8.38. The lowest BCUT2D eigenvalue weighted by atomic mass is 9.73. The number of hydrogen-bond acceptors (Lipinski definition) is 4. The molecule has 0 saturated carbocycles. The van der Waals surface area contributed by atoms with E-state index in [9.17, 15) is 4.79 Å². The van der Waals surface area contributed by atoms with E-state index in [2.05, 4.69) is 21.8 Å². The summed E-state index contributed by atoms with van der Waals surface area (Å²) in [6.45, 7) is 9.07. The van der Waals surface area contributed by atoms with Crippen LogP contribution in [0.15, 0.2) is 12.4 Å². The van der Waals surface area contributed by atoms with Crippen LogP contribution in [0.4, 0.5) is 0 Å². The summed E-state index contributed by atoms with van der Waals surface area (Å²) in [4.78, 5) is 25.5. The van der Waals surface area contributed by atoms with E-state index in [1.807, 2.05) is 11.8 Å². The number of amides is 1. The Bertz CT molecular complexity index is 530. The van der Waals surface area contributed by atoms with Crippen LogP contribution in [-0.4, -0.2) is 51.9 Å². The molecule has 2 aliphatic heterocycles. The van der Waals surface area contributed by atoms with Crippen molar-refractivity contribution in [2.75, 3.05) is 26.2 Å². The number of rotatable bonds is 3. The maximum absolute atomic E-state index is 12.3. The lowest BCUT2D eigenvalue weighted by Gasteiger charge is -2.48. The largest absolute Gasteiger partial charge is 0.336 e. The van der Waals surface area contributed by atoms with Crippen molar-refractivity contribution >= 4 is 5.91 Å². The number of piperidine rings is 2. The third kappa shape index (κ3) is 3.29. The molecule has 1 aromatic rings. The van der Waals surface area contributed by atoms with Crippen molar-refractivity contribution < 1.29 is 4.79 Å². The van der Waals surface area contributed by atoms with Crippen LogP contribution in [-0.2, 0) is 11.3 Å². The molecule has 5 nitrogen and oxygen atoms in total. The molecule has 0 bridgehead atoms. The molecule has 0 aliphatic carbocycles. The molecule has 0 aromatic carbocycles. The summed E-state index contributed by atoms with van der Waals surface area (Å²) in [5.41, 5.74) is 2.09. The SMILES string of the molecule is CCN1CCC[C@@]2(CCC(=O)N(Cc3cnc(C)cn3)C2)C1. The monoisotopic (exact) mass is 302 g/mol. The molecule has 5 heteroatoms. The molecule has 2 saturated heterocycles. The minimum atomic E-state index is 0.265. The lowest BCUT2D eigenvalue weighted by Crippen LogP contribution is -2.53. The quantitative estimate of drug-likeness (QED) is 0.857. The van der Waals surface area contributed by atoms with E-state index < -0.39 is 0 Å². The zero-order valence-electron chi connectivity index (χ0n) is 13.7. The molecular weight excluding hydrogens is 276 g/mol. The Labute approximate surface area is 132 Å². The summed E-state index contributed by atoms with van der Waals surface area (Å²) in [5, 5.41) is 0. The summed E-state index contributed by atoms with van der Waals surface area (Å²) < 4.78 is 0. The molecule has 1 amide bonds. The van der Waals surface area contributed by atoms with Crippen molar-refractivity contribution in [1.82, 2.24) is 19.8 Å². The van der Waals surface area contributed by atoms with Crippen LogP contribution in [0.25, 0.3) is 0 Å². The molecular formula is C17H26N4O. The second-order valence-corrected chi connectivity index (χ2v) is 6.87. The standard InChI is InChI=1S/C17H26N4O/c1-3-20-8-4-6-17(12-20)7-5-16(22)21(13-17)11-15-10-18-14(2)9-19-15/h9-10H,3-8,11-13H2,1-2H3/t17-/m1/s1. The Morgan fingerprint density at radius 1 is 1.23 bits per heavy atom. The van der Waals surface area contributed by atoms with Crippen molar-refractivity contribution in [1.29, 1.82) is 0 Å². The van der Waals surface area contributed by atoms with E-state index in [4.69, 9.17) is 0 Å². The number of hydrogen-bond donors (Lipinski definition) is 0. The number of carbonyl (C=O) groups is 1. The van der Waals surface area contributed by atoms with Crippen molar-refractivity contribution in [2.24, 2.45) is 5.41 Å². The van der Waals surface area contributed by atoms with Gasteiger partial charge >= 0.3 is 0 Å². The smallest absolute Gasteiger partial charge is 0.222 e. The van der Waals surface area contributed by atoms with Gasteiger partial charge in [-0.3, -0.25) is 14.8 Å². The molecule has 0 unspecified atom stereocenters. The molecule has 0 N–H and O–H groups in total. The van der Waals surface area contributed by atoms with Crippen LogP contribution < -0.4 is 0 Å². The van der Waals surface area contributed by atoms with Crippen molar-refractivity contribution in [2.45, 2.75) is 46.1 Å². The van der Waals surface area contributed by atoms with Gasteiger partial charge in [0.05, 0.1) is 24.1 Å². The van der Waals surface area contributed by atoms with E-state index in [0.717, 1.165) is 37.4 Å². The first kappa shape index (κ1) is 15.4. The fraction of sp³-hybridized carbons (Fsp3) is 0.706. The molecule has 0 radical (unpaired) electrons. The van der Waals surface area contributed by atoms with Crippen molar-refractivity contribution in [3.05, 3.63) is 23.8 Å².